The van der Waals surface area contributed by atoms with Crippen molar-refractivity contribution in [1.82, 2.24) is 10.3 Å². The van der Waals surface area contributed by atoms with E-state index >= 15 is 0 Å². The van der Waals surface area contributed by atoms with E-state index in [1.807, 2.05) is 24.3 Å². The first kappa shape index (κ1) is 14.4. The fourth-order valence-electron chi connectivity index (χ4n) is 2.09. The van der Waals surface area contributed by atoms with Gasteiger partial charge in [-0.05, 0) is 29.8 Å². The Balaban J connectivity index is 1.67. The summed E-state index contributed by atoms with van der Waals surface area (Å²) in [4.78, 5) is 16.0. The zero-order valence-electron chi connectivity index (χ0n) is 11.9. The molecule has 110 valence electrons. The van der Waals surface area contributed by atoms with Gasteiger partial charge in [0.25, 0.3) is 5.91 Å². The minimum atomic E-state index is -1.34. The summed E-state index contributed by atoms with van der Waals surface area (Å²) in [5.74, 6) is -0.0156. The Labute approximate surface area is 128 Å². The highest BCUT2D eigenvalue weighted by Gasteiger charge is 2.13. The van der Waals surface area contributed by atoms with Crippen molar-refractivity contribution in [1.29, 1.82) is 0 Å². The summed E-state index contributed by atoms with van der Waals surface area (Å²) < 4.78 is 16.8. The van der Waals surface area contributed by atoms with Gasteiger partial charge in [-0.2, -0.15) is 0 Å². The van der Waals surface area contributed by atoms with Crippen LogP contribution in [0.4, 0.5) is 0 Å². The zero-order valence-corrected chi connectivity index (χ0v) is 12.8. The van der Waals surface area contributed by atoms with Crippen LogP contribution >= 0.6 is 7.80 Å². The van der Waals surface area contributed by atoms with Crippen LogP contribution in [0, 0.1) is 0 Å². The van der Waals surface area contributed by atoms with Crippen LogP contribution in [0.15, 0.2) is 53.2 Å². The van der Waals surface area contributed by atoms with E-state index in [-0.39, 0.29) is 11.7 Å². The lowest BCUT2D eigenvalue weighted by molar-refractivity contribution is 0.0925. The van der Waals surface area contributed by atoms with Crippen molar-refractivity contribution in [3.8, 4) is 0 Å². The number of furan rings is 1. The molecule has 1 N–H and O–H groups in total. The van der Waals surface area contributed by atoms with Gasteiger partial charge in [-0.1, -0.05) is 16.7 Å². The van der Waals surface area contributed by atoms with E-state index in [1.54, 1.807) is 31.2 Å². The molecule has 3 aromatic rings. The van der Waals surface area contributed by atoms with Crippen molar-refractivity contribution >= 4 is 30.0 Å². The first-order valence-corrected chi connectivity index (χ1v) is 8.46. The van der Waals surface area contributed by atoms with E-state index in [0.29, 0.717) is 12.1 Å². The summed E-state index contributed by atoms with van der Waals surface area (Å²) in [6.07, 6.45) is 3.23. The summed E-state index contributed by atoms with van der Waals surface area (Å²) in [7, 11) is -1.34. The molecular weight excluding hydrogens is 299 g/mol. The molecule has 6 heteroatoms. The third-order valence-electron chi connectivity index (χ3n) is 3.30. The molecule has 0 aliphatic rings. The summed E-state index contributed by atoms with van der Waals surface area (Å²) in [6.45, 7) is 2.05. The lowest BCUT2D eigenvalue weighted by atomic mass is 10.2. The number of aromatic nitrogens is 1. The molecular formula is C16H14N2O3P+. The van der Waals surface area contributed by atoms with Gasteiger partial charge in [-0.3, -0.25) is 9.78 Å². The number of carbonyl (C=O) groups is 1. The Morgan fingerprint density at radius 3 is 2.73 bits per heavy atom. The van der Waals surface area contributed by atoms with Crippen LogP contribution in [0.25, 0.3) is 11.0 Å². The summed E-state index contributed by atoms with van der Waals surface area (Å²) >= 11 is 0. The molecule has 1 unspecified atom stereocenters. The number of carbonyl (C=O) groups excluding carboxylic acids is 1. The maximum Gasteiger partial charge on any atom is 0.373 e. The van der Waals surface area contributed by atoms with E-state index in [2.05, 4.69) is 10.3 Å². The summed E-state index contributed by atoms with van der Waals surface area (Å²) in [5, 5.41) is 4.44. The van der Waals surface area contributed by atoms with Gasteiger partial charge in [-0.25, -0.2) is 0 Å². The van der Waals surface area contributed by atoms with E-state index in [0.717, 1.165) is 16.3 Å². The normalized spacial score (nSPS) is 11.4. The van der Waals surface area contributed by atoms with E-state index in [9.17, 15) is 9.36 Å². The van der Waals surface area contributed by atoms with Crippen LogP contribution in [0.2, 0.25) is 0 Å². The molecule has 0 aliphatic carbocycles. The molecule has 2 heterocycles. The highest BCUT2D eigenvalue weighted by molar-refractivity contribution is 7.52. The molecule has 0 radical (unpaired) electrons. The maximum atomic E-state index is 12.1. The molecule has 0 spiro atoms. The lowest BCUT2D eigenvalue weighted by Crippen LogP contribution is -2.22. The first-order chi connectivity index (χ1) is 10.6. The highest BCUT2D eigenvalue weighted by atomic mass is 31.1. The van der Waals surface area contributed by atoms with Crippen molar-refractivity contribution in [3.63, 3.8) is 0 Å². The Morgan fingerprint density at radius 1 is 1.27 bits per heavy atom. The highest BCUT2D eigenvalue weighted by Crippen LogP contribution is 2.18. The van der Waals surface area contributed by atoms with Gasteiger partial charge in [0.2, 0.25) is 0 Å². The number of benzene rings is 1. The summed E-state index contributed by atoms with van der Waals surface area (Å²) in [6, 6.07) is 10.8. The molecule has 0 bridgehead atoms. The molecule has 1 amide bonds. The quantitative estimate of drug-likeness (QED) is 0.752. The van der Waals surface area contributed by atoms with Crippen molar-refractivity contribution in [2.75, 3.05) is 6.66 Å². The number of amides is 1. The Kier molecular flexibility index (Phi) is 3.98. The summed E-state index contributed by atoms with van der Waals surface area (Å²) in [5.41, 5.74) is 1.52. The Morgan fingerprint density at radius 2 is 2.05 bits per heavy atom. The molecule has 0 saturated carbocycles. The van der Waals surface area contributed by atoms with Crippen molar-refractivity contribution < 1.29 is 13.8 Å². The second-order valence-corrected chi connectivity index (χ2v) is 6.38. The molecule has 0 saturated heterocycles. The van der Waals surface area contributed by atoms with Gasteiger partial charge in [0.1, 0.15) is 6.66 Å². The SMILES string of the molecule is C[P+](=O)c1ccc(CNC(=O)c2cc3ccncc3o2)cc1. The van der Waals surface area contributed by atoms with Crippen LogP contribution in [0.3, 0.4) is 0 Å². The number of nitrogens with zero attached hydrogens (tertiary/aromatic N) is 1. The van der Waals surface area contributed by atoms with E-state index < -0.39 is 7.80 Å². The van der Waals surface area contributed by atoms with Crippen molar-refractivity contribution in [2.45, 2.75) is 6.54 Å². The van der Waals surface area contributed by atoms with Gasteiger partial charge in [0, 0.05) is 18.1 Å². The van der Waals surface area contributed by atoms with Gasteiger partial charge < -0.3 is 9.73 Å². The molecule has 1 aromatic carbocycles. The molecule has 1 atom stereocenters. The molecule has 5 nitrogen and oxygen atoms in total. The van der Waals surface area contributed by atoms with E-state index in [1.165, 1.54) is 0 Å². The number of hydrogen-bond donors (Lipinski definition) is 1. The number of fused-ring (bicyclic) bond motifs is 1. The second-order valence-electron chi connectivity index (χ2n) is 4.87. The molecule has 0 aliphatic heterocycles. The van der Waals surface area contributed by atoms with Crippen LogP contribution < -0.4 is 10.6 Å². The number of hydrogen-bond acceptors (Lipinski definition) is 4. The number of pyridine rings is 1. The predicted octanol–water partition coefficient (Wildman–Crippen LogP) is 2.84. The molecule has 0 fully saturated rings. The van der Waals surface area contributed by atoms with Gasteiger partial charge in [0.15, 0.2) is 16.6 Å². The lowest BCUT2D eigenvalue weighted by Gasteiger charge is -2.02. The fourth-order valence-corrected chi connectivity index (χ4v) is 2.66. The van der Waals surface area contributed by atoms with E-state index in [4.69, 9.17) is 4.42 Å². The van der Waals surface area contributed by atoms with Crippen LogP contribution in [-0.4, -0.2) is 17.6 Å². The van der Waals surface area contributed by atoms with Crippen LogP contribution in [-0.2, 0) is 11.1 Å². The second kappa shape index (κ2) is 6.08. The van der Waals surface area contributed by atoms with Crippen molar-refractivity contribution in [3.05, 3.63) is 60.1 Å². The topological polar surface area (TPSA) is 72.2 Å². The van der Waals surface area contributed by atoms with Gasteiger partial charge in [-0.15, -0.1) is 0 Å². The minimum Gasteiger partial charge on any atom is -0.449 e. The van der Waals surface area contributed by atoms with Gasteiger partial charge >= 0.3 is 7.80 Å². The monoisotopic (exact) mass is 313 g/mol. The third-order valence-corrected chi connectivity index (χ3v) is 4.33. The average molecular weight is 313 g/mol. The third kappa shape index (κ3) is 3.05. The smallest absolute Gasteiger partial charge is 0.373 e. The Hall–Kier alpha value is -2.52. The maximum absolute atomic E-state index is 12.1. The number of nitrogens with one attached hydrogen (secondary N) is 1. The standard InChI is InChI=1S/C16H13N2O3P/c1-22(20)13-4-2-11(3-5-13)9-18-16(19)14-8-12-6-7-17-10-15(12)21-14/h2-8,10H,9H2,1H3/p+1. The molecule has 22 heavy (non-hydrogen) atoms. The molecule has 2 aromatic heterocycles. The van der Waals surface area contributed by atoms with Crippen molar-refractivity contribution in [2.24, 2.45) is 0 Å². The zero-order chi connectivity index (χ0) is 15.5. The molecule has 3 rings (SSSR count). The van der Waals surface area contributed by atoms with Crippen LogP contribution in [0.5, 0.6) is 0 Å². The van der Waals surface area contributed by atoms with Gasteiger partial charge in [0.05, 0.1) is 6.20 Å². The average Bonchev–Trinajstić information content (AvgIpc) is 2.97. The first-order valence-electron chi connectivity index (χ1n) is 6.75. The fraction of sp³-hybridized carbons (Fsp3) is 0.125. The van der Waals surface area contributed by atoms with Crippen LogP contribution in [0.1, 0.15) is 16.1 Å². The number of rotatable bonds is 4. The minimum absolute atomic E-state index is 0.260. The predicted molar refractivity (Wildman–Crippen MR) is 84.8 cm³/mol. The largest absolute Gasteiger partial charge is 0.449 e. The Bertz CT molecular complexity index is 807.